The largest absolute Gasteiger partial charge is 0.496 e. The Labute approximate surface area is 206 Å². The van der Waals surface area contributed by atoms with Gasteiger partial charge in [0.05, 0.1) is 26.5 Å². The van der Waals surface area contributed by atoms with E-state index in [4.69, 9.17) is 14.2 Å². The number of para-hydroxylation sites is 1. The lowest BCUT2D eigenvalue weighted by Gasteiger charge is -2.25. The van der Waals surface area contributed by atoms with E-state index in [0.29, 0.717) is 23.8 Å². The molecule has 3 aromatic rings. The Kier molecular flexibility index (Phi) is 8.59. The van der Waals surface area contributed by atoms with Crippen molar-refractivity contribution in [1.29, 1.82) is 0 Å². The van der Waals surface area contributed by atoms with Crippen LogP contribution in [0.25, 0.3) is 0 Å². The zero-order chi connectivity index (χ0) is 25.4. The van der Waals surface area contributed by atoms with Crippen molar-refractivity contribution in [1.82, 2.24) is 5.32 Å². The second-order valence-electron chi connectivity index (χ2n) is 7.68. The quantitative estimate of drug-likeness (QED) is 0.431. The van der Waals surface area contributed by atoms with Crippen LogP contribution in [-0.4, -0.2) is 41.7 Å². The van der Waals surface area contributed by atoms with E-state index in [-0.39, 0.29) is 17.2 Å². The number of carbonyl (C=O) groups is 1. The summed E-state index contributed by atoms with van der Waals surface area (Å²) < 4.78 is 44.8. The fourth-order valence-corrected chi connectivity index (χ4v) is 5.19. The summed E-state index contributed by atoms with van der Waals surface area (Å²) in [5.41, 5.74) is 1.85. The van der Waals surface area contributed by atoms with Crippen LogP contribution in [-0.2, 0) is 21.4 Å². The molecular formula is C26H30N2O6S. The van der Waals surface area contributed by atoms with E-state index in [9.17, 15) is 13.2 Å². The molecule has 0 saturated carbocycles. The van der Waals surface area contributed by atoms with Gasteiger partial charge in [-0.3, -0.25) is 9.10 Å². The highest BCUT2D eigenvalue weighted by atomic mass is 32.2. The zero-order valence-corrected chi connectivity index (χ0v) is 21.1. The third-order valence-electron chi connectivity index (χ3n) is 5.28. The van der Waals surface area contributed by atoms with Crippen molar-refractivity contribution in [2.24, 2.45) is 0 Å². The smallest absolute Gasteiger partial charge is 0.268 e. The molecule has 1 N–H and O–H groups in total. The summed E-state index contributed by atoms with van der Waals surface area (Å²) in [6.07, 6.45) is 0. The number of nitrogens with one attached hydrogen (secondary N) is 1. The number of rotatable bonds is 11. The number of anilines is 1. The van der Waals surface area contributed by atoms with Crippen LogP contribution in [0.2, 0.25) is 0 Å². The van der Waals surface area contributed by atoms with Crippen LogP contribution in [0.15, 0.2) is 71.6 Å². The molecule has 0 heterocycles. The summed E-state index contributed by atoms with van der Waals surface area (Å²) in [5.74, 6) is 0.955. The van der Waals surface area contributed by atoms with Gasteiger partial charge in [0.15, 0.2) is 0 Å². The highest BCUT2D eigenvalue weighted by Crippen LogP contribution is 2.31. The van der Waals surface area contributed by atoms with Crippen LogP contribution in [0, 0.1) is 6.92 Å². The van der Waals surface area contributed by atoms with Crippen molar-refractivity contribution in [3.8, 4) is 17.2 Å². The van der Waals surface area contributed by atoms with Gasteiger partial charge in [-0.25, -0.2) is 8.42 Å². The Hall–Kier alpha value is -3.72. The molecule has 0 radical (unpaired) electrons. The molecule has 0 aromatic heterocycles. The van der Waals surface area contributed by atoms with Crippen LogP contribution >= 0.6 is 0 Å². The van der Waals surface area contributed by atoms with Gasteiger partial charge in [-0.05, 0) is 61.9 Å². The van der Waals surface area contributed by atoms with Crippen LogP contribution in [0.4, 0.5) is 5.69 Å². The maximum atomic E-state index is 13.8. The molecule has 3 rings (SSSR count). The lowest BCUT2D eigenvalue weighted by Crippen LogP contribution is -2.40. The Morgan fingerprint density at radius 2 is 1.63 bits per heavy atom. The molecule has 9 heteroatoms. The third-order valence-corrected chi connectivity index (χ3v) is 7.07. The summed E-state index contributed by atoms with van der Waals surface area (Å²) in [4.78, 5) is 12.9. The predicted octanol–water partition coefficient (Wildman–Crippen LogP) is 3.92. The van der Waals surface area contributed by atoms with Gasteiger partial charge in [0.1, 0.15) is 28.7 Å². The summed E-state index contributed by atoms with van der Waals surface area (Å²) in [5, 5.41) is 2.79. The summed E-state index contributed by atoms with van der Waals surface area (Å²) >= 11 is 0. The Bertz CT molecular complexity index is 1260. The molecule has 0 fully saturated rings. The number of ether oxygens (including phenoxy) is 3. The van der Waals surface area contributed by atoms with E-state index < -0.39 is 22.5 Å². The monoisotopic (exact) mass is 498 g/mol. The number of hydrogen-bond acceptors (Lipinski definition) is 6. The average Bonchev–Trinajstić information content (AvgIpc) is 2.87. The molecule has 0 saturated heterocycles. The summed E-state index contributed by atoms with van der Waals surface area (Å²) in [6, 6.07) is 18.7. The van der Waals surface area contributed by atoms with Crippen molar-refractivity contribution in [2.75, 3.05) is 31.7 Å². The number of methoxy groups -OCH3 is 2. The predicted molar refractivity (Wildman–Crippen MR) is 135 cm³/mol. The Morgan fingerprint density at radius 3 is 2.29 bits per heavy atom. The number of benzene rings is 3. The SMILES string of the molecule is CCOc1ccc(N(CC(=O)NCc2ccccc2OC)S(=O)(=O)c2cc(C)ccc2OC)cc1. The van der Waals surface area contributed by atoms with Crippen molar-refractivity contribution in [3.63, 3.8) is 0 Å². The molecule has 35 heavy (non-hydrogen) atoms. The highest BCUT2D eigenvalue weighted by Gasteiger charge is 2.30. The first-order valence-corrected chi connectivity index (χ1v) is 12.5. The maximum Gasteiger partial charge on any atom is 0.268 e. The molecule has 3 aromatic carbocycles. The van der Waals surface area contributed by atoms with E-state index in [0.717, 1.165) is 15.4 Å². The molecule has 0 aliphatic rings. The fourth-order valence-electron chi connectivity index (χ4n) is 3.52. The summed E-state index contributed by atoms with van der Waals surface area (Å²) in [7, 11) is -1.19. The van der Waals surface area contributed by atoms with Crippen molar-refractivity contribution < 1.29 is 27.4 Å². The lowest BCUT2D eigenvalue weighted by atomic mass is 10.2. The number of nitrogens with zero attached hydrogens (tertiary/aromatic N) is 1. The van der Waals surface area contributed by atoms with Gasteiger partial charge in [-0.2, -0.15) is 0 Å². The van der Waals surface area contributed by atoms with Crippen molar-refractivity contribution in [2.45, 2.75) is 25.3 Å². The minimum Gasteiger partial charge on any atom is -0.496 e. The molecule has 8 nitrogen and oxygen atoms in total. The van der Waals surface area contributed by atoms with Crippen LogP contribution in [0.1, 0.15) is 18.1 Å². The molecular weight excluding hydrogens is 468 g/mol. The zero-order valence-electron chi connectivity index (χ0n) is 20.3. The topological polar surface area (TPSA) is 94.2 Å². The van der Waals surface area contributed by atoms with Gasteiger partial charge in [0.2, 0.25) is 5.91 Å². The van der Waals surface area contributed by atoms with Gasteiger partial charge < -0.3 is 19.5 Å². The molecule has 186 valence electrons. The number of aryl methyl sites for hydroxylation is 1. The minimum atomic E-state index is -4.15. The first kappa shape index (κ1) is 25.9. The number of hydrogen-bond donors (Lipinski definition) is 1. The molecule has 0 aliphatic carbocycles. The van der Waals surface area contributed by atoms with Gasteiger partial charge in [-0.1, -0.05) is 24.3 Å². The normalized spacial score (nSPS) is 11.0. The van der Waals surface area contributed by atoms with E-state index in [1.54, 1.807) is 56.5 Å². The van der Waals surface area contributed by atoms with E-state index in [1.807, 2.05) is 25.1 Å². The number of amides is 1. The van der Waals surface area contributed by atoms with Gasteiger partial charge in [0.25, 0.3) is 10.0 Å². The summed E-state index contributed by atoms with van der Waals surface area (Å²) in [6.45, 7) is 3.89. The maximum absolute atomic E-state index is 13.8. The Balaban J connectivity index is 1.94. The minimum absolute atomic E-state index is 0.0218. The number of sulfonamides is 1. The molecule has 0 aliphatic heterocycles. The van der Waals surface area contributed by atoms with Crippen molar-refractivity contribution >= 4 is 21.6 Å². The molecule has 0 bridgehead atoms. The van der Waals surface area contributed by atoms with Crippen molar-refractivity contribution in [3.05, 3.63) is 77.9 Å². The molecule has 0 atom stereocenters. The Morgan fingerprint density at radius 1 is 0.943 bits per heavy atom. The van der Waals surface area contributed by atoms with Gasteiger partial charge in [-0.15, -0.1) is 0 Å². The second kappa shape index (κ2) is 11.6. The van der Waals surface area contributed by atoms with Crippen LogP contribution in [0.5, 0.6) is 17.2 Å². The molecule has 1 amide bonds. The van der Waals surface area contributed by atoms with Gasteiger partial charge >= 0.3 is 0 Å². The van der Waals surface area contributed by atoms with Crippen LogP contribution < -0.4 is 23.8 Å². The molecule has 0 unspecified atom stereocenters. The highest BCUT2D eigenvalue weighted by molar-refractivity contribution is 7.93. The first-order valence-electron chi connectivity index (χ1n) is 11.1. The second-order valence-corrected chi connectivity index (χ2v) is 9.51. The third kappa shape index (κ3) is 6.24. The fraction of sp³-hybridized carbons (Fsp3) is 0.269. The van der Waals surface area contributed by atoms with Gasteiger partial charge in [0, 0.05) is 12.1 Å². The molecule has 0 spiro atoms. The van der Waals surface area contributed by atoms with E-state index in [1.165, 1.54) is 13.2 Å². The standard InChI is InChI=1S/C26H30N2O6S/c1-5-34-22-13-11-21(12-14-22)28(35(30,31)25-16-19(2)10-15-24(25)33-4)18-26(29)27-17-20-8-6-7-9-23(20)32-3/h6-16H,5,17-18H2,1-4H3,(H,27,29). The average molecular weight is 499 g/mol. The van der Waals surface area contributed by atoms with E-state index in [2.05, 4.69) is 5.32 Å². The lowest BCUT2D eigenvalue weighted by molar-refractivity contribution is -0.119. The van der Waals surface area contributed by atoms with E-state index >= 15 is 0 Å². The first-order chi connectivity index (χ1) is 16.8. The number of carbonyl (C=O) groups excluding carboxylic acids is 1. The van der Waals surface area contributed by atoms with Crippen LogP contribution in [0.3, 0.4) is 0 Å².